The van der Waals surface area contributed by atoms with E-state index in [1.165, 1.54) is 29.2 Å². The molecule has 0 spiro atoms. The molecule has 1 saturated heterocycles. The monoisotopic (exact) mass is 407 g/mol. The fourth-order valence-corrected chi connectivity index (χ4v) is 3.51. The van der Waals surface area contributed by atoms with Gasteiger partial charge in [0.05, 0.1) is 12.2 Å². The van der Waals surface area contributed by atoms with Crippen LogP contribution in [0.2, 0.25) is 5.02 Å². The number of carbonyl (C=O) groups excluding carboxylic acids is 2. The minimum Gasteiger partial charge on any atom is -0.493 e. The molecule has 0 aromatic heterocycles. The maximum atomic E-state index is 14.3. The lowest BCUT2D eigenvalue weighted by Gasteiger charge is -2.39. The molecule has 2 aliphatic heterocycles. The number of fused-ring (bicyclic) bond motifs is 1. The summed E-state index contributed by atoms with van der Waals surface area (Å²) in [6.07, 6.45) is 0.128. The van der Waals surface area contributed by atoms with Gasteiger partial charge >= 0.3 is 0 Å². The van der Waals surface area contributed by atoms with Crippen LogP contribution in [0.5, 0.6) is 11.5 Å². The van der Waals surface area contributed by atoms with Crippen molar-refractivity contribution in [3.8, 4) is 11.5 Å². The molecule has 0 radical (unpaired) electrons. The molecule has 2 aliphatic rings. The zero-order chi connectivity index (χ0) is 19.8. The van der Waals surface area contributed by atoms with Crippen LogP contribution in [0.4, 0.5) is 8.78 Å². The summed E-state index contributed by atoms with van der Waals surface area (Å²) in [5, 5.41) is 0.241. The van der Waals surface area contributed by atoms with Crippen molar-refractivity contribution in [2.45, 2.75) is 6.42 Å². The molecule has 0 aliphatic carbocycles. The number of hydrogen-bond acceptors (Lipinski definition) is 4. The molecule has 2 aromatic carbocycles. The Kier molecular flexibility index (Phi) is 4.93. The molecule has 1 fully saturated rings. The standard InChI is InChI=1S/C20H16ClF2NO4/c21-13-3-14(22)5-16(4-13)27-9-11-7-24(8-11)20(26)17-2-12-1-15(25)10-28-19(12)6-18(17)23/h2-6,11H,1,7-10H2. The van der Waals surface area contributed by atoms with E-state index >= 15 is 0 Å². The number of nitrogens with zero attached hydrogens (tertiary/aromatic N) is 1. The van der Waals surface area contributed by atoms with E-state index in [4.69, 9.17) is 21.1 Å². The number of rotatable bonds is 4. The second kappa shape index (κ2) is 7.39. The first-order valence-corrected chi connectivity index (χ1v) is 9.12. The van der Waals surface area contributed by atoms with E-state index in [2.05, 4.69) is 0 Å². The van der Waals surface area contributed by atoms with Crippen LogP contribution in [0, 0.1) is 17.6 Å². The number of ketones is 1. The van der Waals surface area contributed by atoms with E-state index in [-0.39, 0.29) is 35.3 Å². The van der Waals surface area contributed by atoms with Gasteiger partial charge in [0, 0.05) is 48.1 Å². The second-order valence-corrected chi connectivity index (χ2v) is 7.37. The van der Waals surface area contributed by atoms with Gasteiger partial charge in [-0.15, -0.1) is 0 Å². The van der Waals surface area contributed by atoms with Gasteiger partial charge in [-0.3, -0.25) is 9.59 Å². The van der Waals surface area contributed by atoms with Gasteiger partial charge in [0.2, 0.25) is 0 Å². The van der Waals surface area contributed by atoms with Crippen molar-refractivity contribution in [3.05, 3.63) is 58.1 Å². The summed E-state index contributed by atoms with van der Waals surface area (Å²) in [6.45, 7) is 1.00. The van der Waals surface area contributed by atoms with Crippen molar-refractivity contribution in [2.75, 3.05) is 26.3 Å². The van der Waals surface area contributed by atoms with Crippen LogP contribution < -0.4 is 9.47 Å². The van der Waals surface area contributed by atoms with Crippen LogP contribution in [0.3, 0.4) is 0 Å². The van der Waals surface area contributed by atoms with E-state index in [0.29, 0.717) is 36.8 Å². The third-order valence-electron chi connectivity index (χ3n) is 4.72. The Morgan fingerprint density at radius 3 is 2.75 bits per heavy atom. The Morgan fingerprint density at radius 2 is 2.00 bits per heavy atom. The lowest BCUT2D eigenvalue weighted by atomic mass is 9.97. The Balaban J connectivity index is 1.36. The Hall–Kier alpha value is -2.67. The van der Waals surface area contributed by atoms with E-state index in [9.17, 15) is 18.4 Å². The van der Waals surface area contributed by atoms with Gasteiger partial charge in [-0.05, 0) is 18.2 Å². The maximum Gasteiger partial charge on any atom is 0.256 e. The predicted molar refractivity (Wildman–Crippen MR) is 96.9 cm³/mol. The minimum absolute atomic E-state index is 0.0524. The van der Waals surface area contributed by atoms with Crippen molar-refractivity contribution in [3.63, 3.8) is 0 Å². The van der Waals surface area contributed by atoms with Crippen LogP contribution in [0.1, 0.15) is 15.9 Å². The molecule has 8 heteroatoms. The van der Waals surface area contributed by atoms with E-state index in [1.807, 2.05) is 0 Å². The molecule has 2 aromatic rings. The van der Waals surface area contributed by atoms with Gasteiger partial charge in [-0.25, -0.2) is 8.78 Å². The molecule has 2 heterocycles. The molecule has 0 bridgehead atoms. The smallest absolute Gasteiger partial charge is 0.256 e. The molecule has 0 atom stereocenters. The van der Waals surface area contributed by atoms with E-state index in [0.717, 1.165) is 6.07 Å². The Morgan fingerprint density at radius 1 is 1.21 bits per heavy atom. The highest BCUT2D eigenvalue weighted by atomic mass is 35.5. The maximum absolute atomic E-state index is 14.3. The van der Waals surface area contributed by atoms with Crippen LogP contribution in [0.25, 0.3) is 0 Å². The first-order chi connectivity index (χ1) is 13.4. The topological polar surface area (TPSA) is 55.8 Å². The lowest BCUT2D eigenvalue weighted by Crippen LogP contribution is -2.52. The summed E-state index contributed by atoms with van der Waals surface area (Å²) >= 11 is 5.78. The molecular weight excluding hydrogens is 392 g/mol. The van der Waals surface area contributed by atoms with Gasteiger partial charge in [0.15, 0.2) is 5.78 Å². The molecule has 146 valence electrons. The number of hydrogen-bond donors (Lipinski definition) is 0. The van der Waals surface area contributed by atoms with Gasteiger partial charge in [0.1, 0.15) is 29.7 Å². The quantitative estimate of drug-likeness (QED) is 0.780. The SMILES string of the molecule is O=C1COc2cc(F)c(C(=O)N3CC(COc4cc(F)cc(Cl)c4)C3)cc2C1. The van der Waals surface area contributed by atoms with Crippen molar-refractivity contribution in [1.82, 2.24) is 4.90 Å². The second-order valence-electron chi connectivity index (χ2n) is 6.94. The summed E-state index contributed by atoms with van der Waals surface area (Å²) in [6, 6.07) is 6.48. The van der Waals surface area contributed by atoms with Gasteiger partial charge in [-0.2, -0.15) is 0 Å². The molecular formula is C20H16ClF2NO4. The molecule has 5 nitrogen and oxygen atoms in total. The number of ether oxygens (including phenoxy) is 2. The van der Waals surface area contributed by atoms with Crippen molar-refractivity contribution in [1.29, 1.82) is 0 Å². The van der Waals surface area contributed by atoms with Crippen molar-refractivity contribution in [2.24, 2.45) is 5.92 Å². The van der Waals surface area contributed by atoms with E-state index < -0.39 is 17.5 Å². The molecule has 0 N–H and O–H groups in total. The first-order valence-electron chi connectivity index (χ1n) is 8.74. The molecule has 0 unspecified atom stereocenters. The van der Waals surface area contributed by atoms with Crippen LogP contribution in [-0.4, -0.2) is 42.9 Å². The number of carbonyl (C=O) groups is 2. The van der Waals surface area contributed by atoms with Crippen LogP contribution >= 0.6 is 11.6 Å². The molecule has 1 amide bonds. The third-order valence-corrected chi connectivity index (χ3v) is 4.94. The van der Waals surface area contributed by atoms with Crippen molar-refractivity contribution < 1.29 is 27.8 Å². The Bertz CT molecular complexity index is 939. The van der Waals surface area contributed by atoms with Gasteiger partial charge < -0.3 is 14.4 Å². The van der Waals surface area contributed by atoms with Gasteiger partial charge in [0.25, 0.3) is 5.91 Å². The highest BCUT2D eigenvalue weighted by Gasteiger charge is 2.33. The van der Waals surface area contributed by atoms with Gasteiger partial charge in [-0.1, -0.05) is 11.6 Å². The number of likely N-dealkylation sites (tertiary alicyclic amines) is 1. The number of amides is 1. The number of Topliss-reactive ketones (excluding diaryl/α,β-unsaturated/α-hetero) is 1. The molecule has 4 rings (SSSR count). The third kappa shape index (κ3) is 3.80. The number of benzene rings is 2. The largest absolute Gasteiger partial charge is 0.493 e. The summed E-state index contributed by atoms with van der Waals surface area (Å²) in [5.41, 5.74) is 0.442. The summed E-state index contributed by atoms with van der Waals surface area (Å²) in [5.74, 6) is -1.04. The molecule has 0 saturated carbocycles. The summed E-state index contributed by atoms with van der Waals surface area (Å²) in [7, 11) is 0. The van der Waals surface area contributed by atoms with Crippen molar-refractivity contribution >= 4 is 23.3 Å². The summed E-state index contributed by atoms with van der Waals surface area (Å²) < 4.78 is 38.3. The average molecular weight is 408 g/mol. The average Bonchev–Trinajstić information content (AvgIpc) is 2.59. The fourth-order valence-electron chi connectivity index (χ4n) is 3.30. The highest BCUT2D eigenvalue weighted by Crippen LogP contribution is 2.29. The zero-order valence-corrected chi connectivity index (χ0v) is 15.5. The lowest BCUT2D eigenvalue weighted by molar-refractivity contribution is -0.121. The normalized spacial score (nSPS) is 16.2. The predicted octanol–water partition coefficient (Wildman–Crippen LogP) is 3.27. The molecule has 28 heavy (non-hydrogen) atoms. The zero-order valence-electron chi connectivity index (χ0n) is 14.7. The highest BCUT2D eigenvalue weighted by molar-refractivity contribution is 6.30. The summed E-state index contributed by atoms with van der Waals surface area (Å²) in [4.78, 5) is 25.6. The fraction of sp³-hybridized carbons (Fsp3) is 0.300. The first kappa shape index (κ1) is 18.7. The number of halogens is 3. The van der Waals surface area contributed by atoms with E-state index in [1.54, 1.807) is 0 Å². The Labute approximate surface area is 164 Å². The van der Waals surface area contributed by atoms with Crippen LogP contribution in [-0.2, 0) is 11.2 Å². The van der Waals surface area contributed by atoms with Crippen LogP contribution in [0.15, 0.2) is 30.3 Å². The minimum atomic E-state index is -0.674.